The van der Waals surface area contributed by atoms with E-state index in [9.17, 15) is 9.90 Å². The number of carbonyl (C=O) groups is 1. The number of aromatic hydroxyl groups is 1. The van der Waals surface area contributed by atoms with Crippen LogP contribution in [-0.4, -0.2) is 37.0 Å². The highest BCUT2D eigenvalue weighted by atomic mass is 16.3. The van der Waals surface area contributed by atoms with E-state index >= 15 is 0 Å². The normalized spacial score (nSPS) is 12.5. The Kier molecular flexibility index (Phi) is 5.31. The fraction of sp³-hybridized carbons (Fsp3) is 0.318. The van der Waals surface area contributed by atoms with E-state index in [0.717, 1.165) is 34.3 Å². The van der Waals surface area contributed by atoms with Crippen LogP contribution in [-0.2, 0) is 6.42 Å². The highest BCUT2D eigenvalue weighted by Crippen LogP contribution is 2.33. The Labute approximate surface area is 174 Å². The molecule has 0 aliphatic carbocycles. The van der Waals surface area contributed by atoms with Crippen LogP contribution in [0.3, 0.4) is 0 Å². The number of primary amides is 1. The number of para-hydroxylation sites is 1. The summed E-state index contributed by atoms with van der Waals surface area (Å²) in [6.07, 6.45) is 5.90. The van der Waals surface area contributed by atoms with Crippen molar-refractivity contribution >= 4 is 22.6 Å². The summed E-state index contributed by atoms with van der Waals surface area (Å²) in [5, 5.41) is 14.6. The van der Waals surface area contributed by atoms with E-state index in [1.54, 1.807) is 4.40 Å². The van der Waals surface area contributed by atoms with Gasteiger partial charge in [0.1, 0.15) is 5.69 Å². The Morgan fingerprint density at radius 1 is 1.33 bits per heavy atom. The number of nitrogens with zero attached hydrogens (tertiary/aromatic N) is 3. The number of nitrogens with two attached hydrogens (primary N) is 1. The number of carbonyl (C=O) groups excluding carboxylic acids is 1. The van der Waals surface area contributed by atoms with Crippen molar-refractivity contribution in [1.29, 1.82) is 0 Å². The van der Waals surface area contributed by atoms with Crippen LogP contribution >= 0.6 is 0 Å². The van der Waals surface area contributed by atoms with Gasteiger partial charge in [-0.25, -0.2) is 14.8 Å². The molecular formula is C22H26N6O2. The first-order chi connectivity index (χ1) is 14.5. The molecule has 3 heterocycles. The zero-order valence-electron chi connectivity index (χ0n) is 17.1. The number of fused-ring (bicyclic) bond motifs is 2. The quantitative estimate of drug-likeness (QED) is 0.350. The molecule has 0 fully saturated rings. The minimum absolute atomic E-state index is 0.130. The Balaban J connectivity index is 1.82. The van der Waals surface area contributed by atoms with Crippen LogP contribution in [0.1, 0.15) is 44.0 Å². The van der Waals surface area contributed by atoms with Gasteiger partial charge in [-0.15, -0.1) is 0 Å². The molecule has 8 heteroatoms. The van der Waals surface area contributed by atoms with E-state index in [1.807, 2.05) is 43.6 Å². The summed E-state index contributed by atoms with van der Waals surface area (Å²) < 4.78 is 1.72. The third-order valence-corrected chi connectivity index (χ3v) is 5.51. The van der Waals surface area contributed by atoms with Gasteiger partial charge < -0.3 is 21.1 Å². The number of aromatic nitrogens is 4. The van der Waals surface area contributed by atoms with Crippen molar-refractivity contribution in [3.63, 3.8) is 0 Å². The predicted octanol–water partition coefficient (Wildman–Crippen LogP) is 3.70. The molecule has 30 heavy (non-hydrogen) atoms. The molecule has 4 aromatic rings. The number of urea groups is 1. The molecule has 156 valence electrons. The molecular weight excluding hydrogens is 380 g/mol. The lowest BCUT2D eigenvalue weighted by molar-refractivity contribution is 0.249. The van der Waals surface area contributed by atoms with Crippen LogP contribution in [0.2, 0.25) is 0 Å². The first-order valence-corrected chi connectivity index (χ1v) is 10.2. The molecule has 1 aromatic carbocycles. The van der Waals surface area contributed by atoms with Gasteiger partial charge in [0.15, 0.2) is 5.65 Å². The molecule has 5 N–H and O–H groups in total. The molecule has 0 saturated heterocycles. The molecule has 0 radical (unpaired) electrons. The molecule has 0 saturated carbocycles. The number of imidazole rings is 1. The number of hydrogen-bond donors (Lipinski definition) is 4. The van der Waals surface area contributed by atoms with Crippen LogP contribution in [0.4, 0.5) is 4.79 Å². The van der Waals surface area contributed by atoms with Gasteiger partial charge in [0.25, 0.3) is 0 Å². The maximum atomic E-state index is 11.0. The van der Waals surface area contributed by atoms with Gasteiger partial charge in [0, 0.05) is 41.3 Å². The lowest BCUT2D eigenvalue weighted by Crippen LogP contribution is -2.30. The topological polar surface area (TPSA) is 121 Å². The van der Waals surface area contributed by atoms with Crippen molar-refractivity contribution in [2.75, 3.05) is 6.54 Å². The number of rotatable bonds is 7. The van der Waals surface area contributed by atoms with Gasteiger partial charge in [-0.2, -0.15) is 0 Å². The minimum Gasteiger partial charge on any atom is -0.493 e. The van der Waals surface area contributed by atoms with Gasteiger partial charge in [-0.05, 0) is 25.3 Å². The average molecular weight is 406 g/mol. The molecule has 0 bridgehead atoms. The predicted molar refractivity (Wildman–Crippen MR) is 117 cm³/mol. The minimum atomic E-state index is -0.543. The van der Waals surface area contributed by atoms with E-state index in [4.69, 9.17) is 15.7 Å². The molecule has 0 aliphatic rings. The molecule has 4 rings (SSSR count). The average Bonchev–Trinajstić information content (AvgIpc) is 3.32. The summed E-state index contributed by atoms with van der Waals surface area (Å²) in [5.41, 5.74) is 9.98. The summed E-state index contributed by atoms with van der Waals surface area (Å²) >= 11 is 0. The van der Waals surface area contributed by atoms with Gasteiger partial charge in [-0.1, -0.05) is 32.0 Å². The summed E-state index contributed by atoms with van der Waals surface area (Å²) in [6, 6.07) is 7.49. The van der Waals surface area contributed by atoms with E-state index < -0.39 is 6.03 Å². The van der Waals surface area contributed by atoms with Crippen LogP contribution < -0.4 is 11.1 Å². The van der Waals surface area contributed by atoms with E-state index in [1.165, 1.54) is 0 Å². The maximum absolute atomic E-state index is 11.0. The highest BCUT2D eigenvalue weighted by Gasteiger charge is 2.21. The van der Waals surface area contributed by atoms with E-state index in [-0.39, 0.29) is 11.8 Å². The van der Waals surface area contributed by atoms with Crippen molar-refractivity contribution in [3.8, 4) is 17.1 Å². The van der Waals surface area contributed by atoms with Crippen LogP contribution in [0, 0.1) is 0 Å². The number of hydrogen-bond acceptors (Lipinski definition) is 4. The van der Waals surface area contributed by atoms with Gasteiger partial charge in [-0.3, -0.25) is 4.40 Å². The molecule has 8 nitrogen and oxygen atoms in total. The fourth-order valence-electron chi connectivity index (χ4n) is 3.69. The molecule has 1 unspecified atom stereocenters. The SMILES string of the molecule is CCC(C)c1nc2c(CCCNC(N)=O)nc(-c3c[nH]c4ccccc34)cn2c1O. The van der Waals surface area contributed by atoms with Crippen molar-refractivity contribution in [3.05, 3.63) is 48.0 Å². The number of nitrogens with one attached hydrogen (secondary N) is 2. The van der Waals surface area contributed by atoms with Gasteiger partial charge in [0.2, 0.25) is 5.88 Å². The monoisotopic (exact) mass is 406 g/mol. The molecule has 1 atom stereocenters. The van der Waals surface area contributed by atoms with Crippen molar-refractivity contribution < 1.29 is 9.90 Å². The first-order valence-electron chi connectivity index (χ1n) is 10.2. The summed E-state index contributed by atoms with van der Waals surface area (Å²) in [5.74, 6) is 0.283. The fourth-order valence-corrected chi connectivity index (χ4v) is 3.69. The van der Waals surface area contributed by atoms with Gasteiger partial charge in [0.05, 0.1) is 11.4 Å². The Bertz CT molecular complexity index is 1210. The first kappa shape index (κ1) is 19.8. The number of H-pyrrole nitrogens is 1. The largest absolute Gasteiger partial charge is 0.493 e. The summed E-state index contributed by atoms with van der Waals surface area (Å²) in [6.45, 7) is 4.57. The number of benzene rings is 1. The molecule has 2 amide bonds. The van der Waals surface area contributed by atoms with Crippen LogP contribution in [0.25, 0.3) is 27.8 Å². The van der Waals surface area contributed by atoms with Crippen LogP contribution in [0.5, 0.6) is 5.88 Å². The Hall–Kier alpha value is -3.55. The third kappa shape index (κ3) is 3.56. The smallest absolute Gasteiger partial charge is 0.312 e. The van der Waals surface area contributed by atoms with E-state index in [2.05, 4.69) is 17.2 Å². The lowest BCUT2D eigenvalue weighted by Gasteiger charge is -2.08. The van der Waals surface area contributed by atoms with E-state index in [0.29, 0.717) is 30.7 Å². The number of amides is 2. The number of aryl methyl sites for hydroxylation is 1. The second kappa shape index (κ2) is 8.06. The standard InChI is InChI=1S/C22H26N6O2/c1-3-13(2)19-21(29)28-12-18(15-11-25-16-8-5-4-7-14(15)16)26-17(20(28)27-19)9-6-10-24-22(23)30/h4-5,7-8,11-13,25,29H,3,6,9-10H2,1-2H3,(H3,23,24,30). The Morgan fingerprint density at radius 2 is 2.13 bits per heavy atom. The van der Waals surface area contributed by atoms with Crippen molar-refractivity contribution in [2.24, 2.45) is 5.73 Å². The van der Waals surface area contributed by atoms with Gasteiger partial charge >= 0.3 is 6.03 Å². The Morgan fingerprint density at radius 3 is 2.90 bits per heavy atom. The molecule has 3 aromatic heterocycles. The second-order valence-corrected chi connectivity index (χ2v) is 7.54. The highest BCUT2D eigenvalue weighted by molar-refractivity contribution is 5.94. The zero-order valence-corrected chi connectivity index (χ0v) is 17.1. The zero-order chi connectivity index (χ0) is 21.3. The van der Waals surface area contributed by atoms with Crippen LogP contribution in [0.15, 0.2) is 36.7 Å². The number of aromatic amines is 1. The summed E-state index contributed by atoms with van der Waals surface area (Å²) in [7, 11) is 0. The second-order valence-electron chi connectivity index (χ2n) is 7.54. The summed E-state index contributed by atoms with van der Waals surface area (Å²) in [4.78, 5) is 23.8. The maximum Gasteiger partial charge on any atom is 0.312 e. The lowest BCUT2D eigenvalue weighted by atomic mass is 10.1. The third-order valence-electron chi connectivity index (χ3n) is 5.51. The van der Waals surface area contributed by atoms with Crippen molar-refractivity contribution in [1.82, 2.24) is 24.7 Å². The molecule has 0 aliphatic heterocycles. The molecule has 0 spiro atoms. The van der Waals surface area contributed by atoms with Crippen molar-refractivity contribution in [2.45, 2.75) is 39.0 Å².